The second-order valence-electron chi connectivity index (χ2n) is 7.48. The number of amidine groups is 1. The first-order valence-electron chi connectivity index (χ1n) is 9.52. The highest BCUT2D eigenvalue weighted by molar-refractivity contribution is 5.94. The topological polar surface area (TPSA) is 132 Å². The standard InChI is InChI=1S/C19H27N5O3.2ClH/c20-17(21)14-3-6-16(22-11-14)24-9-7-12(8-10-24)18(25)23-15-4-1-13(2-5-15)19(26)27;;/h3,6,11-13,15H,1-2,4-5,7-10H2,(H3,20,21)(H,23,25)(H,26,27);2*1H/t13-,15-;;. The molecule has 2 aliphatic rings. The van der Waals surface area contributed by atoms with E-state index in [4.69, 9.17) is 16.2 Å². The van der Waals surface area contributed by atoms with Crippen molar-refractivity contribution in [1.82, 2.24) is 10.3 Å². The third-order valence-corrected chi connectivity index (χ3v) is 5.67. The summed E-state index contributed by atoms with van der Waals surface area (Å²) in [6, 6.07) is 3.75. The number of nitrogen functional groups attached to an aromatic ring is 1. The first-order chi connectivity index (χ1) is 12.9. The first-order valence-corrected chi connectivity index (χ1v) is 9.52. The zero-order valence-corrected chi connectivity index (χ0v) is 17.8. The summed E-state index contributed by atoms with van der Waals surface area (Å²) in [5.41, 5.74) is 6.05. The summed E-state index contributed by atoms with van der Waals surface area (Å²) < 4.78 is 0. The van der Waals surface area contributed by atoms with E-state index in [0.717, 1.165) is 44.6 Å². The van der Waals surface area contributed by atoms with Gasteiger partial charge in [-0.15, -0.1) is 24.8 Å². The summed E-state index contributed by atoms with van der Waals surface area (Å²) in [6.45, 7) is 1.52. The van der Waals surface area contributed by atoms with Crippen LogP contribution in [0.5, 0.6) is 0 Å². The Hall–Kier alpha value is -2.06. The maximum Gasteiger partial charge on any atom is 0.306 e. The number of piperidine rings is 1. The molecule has 0 spiro atoms. The fourth-order valence-electron chi connectivity index (χ4n) is 3.91. The molecule has 0 atom stereocenters. The summed E-state index contributed by atoms with van der Waals surface area (Å²) in [4.78, 5) is 30.1. The number of pyridine rings is 1. The van der Waals surface area contributed by atoms with E-state index in [-0.39, 0.29) is 54.4 Å². The van der Waals surface area contributed by atoms with Gasteiger partial charge in [-0.1, -0.05) is 0 Å². The molecular weight excluding hydrogens is 417 g/mol. The number of rotatable bonds is 5. The van der Waals surface area contributed by atoms with E-state index in [2.05, 4.69) is 15.2 Å². The maximum absolute atomic E-state index is 12.5. The smallest absolute Gasteiger partial charge is 0.306 e. The van der Waals surface area contributed by atoms with Gasteiger partial charge < -0.3 is 21.1 Å². The van der Waals surface area contributed by atoms with Gasteiger partial charge in [-0.25, -0.2) is 4.98 Å². The van der Waals surface area contributed by atoms with Gasteiger partial charge in [0, 0.05) is 36.8 Å². The monoisotopic (exact) mass is 445 g/mol. The molecule has 1 aromatic rings. The summed E-state index contributed by atoms with van der Waals surface area (Å²) in [6.07, 6.45) is 5.91. The third-order valence-electron chi connectivity index (χ3n) is 5.67. The SMILES string of the molecule is Cl.Cl.N=C(N)c1ccc(N2CCC(C(=O)N[C@H]3CC[C@H](C(=O)O)CC3)CC2)nc1. The van der Waals surface area contributed by atoms with Gasteiger partial charge in [0.2, 0.25) is 5.91 Å². The number of hydrogen-bond donors (Lipinski definition) is 4. The van der Waals surface area contributed by atoms with Crippen molar-refractivity contribution in [2.45, 2.75) is 44.6 Å². The lowest BCUT2D eigenvalue weighted by Gasteiger charge is -2.34. The number of aliphatic carboxylic acids is 1. The molecule has 2 heterocycles. The number of carboxylic acid groups (broad SMARTS) is 1. The molecule has 1 saturated carbocycles. The average molecular weight is 446 g/mol. The van der Waals surface area contributed by atoms with Gasteiger partial charge in [-0.3, -0.25) is 15.0 Å². The number of carboxylic acids is 1. The fourth-order valence-corrected chi connectivity index (χ4v) is 3.91. The lowest BCUT2D eigenvalue weighted by molar-refractivity contribution is -0.142. The zero-order chi connectivity index (χ0) is 19.4. The Morgan fingerprint density at radius 1 is 1.07 bits per heavy atom. The Kier molecular flexibility index (Phi) is 9.65. The van der Waals surface area contributed by atoms with Crippen LogP contribution >= 0.6 is 24.8 Å². The van der Waals surface area contributed by atoms with Crippen molar-refractivity contribution in [2.24, 2.45) is 17.6 Å². The number of amides is 1. The number of anilines is 1. The molecule has 2 fully saturated rings. The molecule has 0 aromatic carbocycles. The van der Waals surface area contributed by atoms with Crippen LogP contribution in [0.2, 0.25) is 0 Å². The minimum absolute atomic E-state index is 0. The van der Waals surface area contributed by atoms with Gasteiger partial charge >= 0.3 is 5.97 Å². The Labute approximate surface area is 183 Å². The molecule has 1 aromatic heterocycles. The van der Waals surface area contributed by atoms with Crippen molar-refractivity contribution in [3.63, 3.8) is 0 Å². The van der Waals surface area contributed by atoms with Gasteiger partial charge in [0.15, 0.2) is 0 Å². The fraction of sp³-hybridized carbons (Fsp3) is 0.579. The number of hydrogen-bond acceptors (Lipinski definition) is 5. The van der Waals surface area contributed by atoms with Crippen LogP contribution in [-0.2, 0) is 9.59 Å². The summed E-state index contributed by atoms with van der Waals surface area (Å²) >= 11 is 0. The van der Waals surface area contributed by atoms with Crippen LogP contribution in [0.15, 0.2) is 18.3 Å². The normalized spacial score (nSPS) is 22.0. The number of nitrogens with zero attached hydrogens (tertiary/aromatic N) is 2. The molecule has 3 rings (SSSR count). The van der Waals surface area contributed by atoms with E-state index in [0.29, 0.717) is 18.4 Å². The highest BCUT2D eigenvalue weighted by atomic mass is 35.5. The molecular formula is C19H29Cl2N5O3. The predicted molar refractivity (Wildman–Crippen MR) is 116 cm³/mol. The number of carbonyl (C=O) groups is 2. The Morgan fingerprint density at radius 2 is 1.69 bits per heavy atom. The summed E-state index contributed by atoms with van der Waals surface area (Å²) in [7, 11) is 0. The van der Waals surface area contributed by atoms with Crippen LogP contribution in [0.1, 0.15) is 44.1 Å². The highest BCUT2D eigenvalue weighted by Crippen LogP contribution is 2.26. The van der Waals surface area contributed by atoms with Crippen molar-refractivity contribution >= 4 is 48.3 Å². The van der Waals surface area contributed by atoms with E-state index in [1.807, 2.05) is 6.07 Å². The minimum Gasteiger partial charge on any atom is -0.481 e. The predicted octanol–water partition coefficient (Wildman–Crippen LogP) is 2.19. The molecule has 5 N–H and O–H groups in total. The van der Waals surface area contributed by atoms with Crippen molar-refractivity contribution in [3.8, 4) is 0 Å². The van der Waals surface area contributed by atoms with Crippen molar-refractivity contribution in [3.05, 3.63) is 23.9 Å². The van der Waals surface area contributed by atoms with E-state index in [1.165, 1.54) is 0 Å². The molecule has 1 amide bonds. The second kappa shape index (κ2) is 11.2. The Morgan fingerprint density at radius 3 is 2.17 bits per heavy atom. The number of aromatic nitrogens is 1. The number of nitrogens with two attached hydrogens (primary N) is 1. The molecule has 1 aliphatic carbocycles. The largest absolute Gasteiger partial charge is 0.481 e. The van der Waals surface area contributed by atoms with Gasteiger partial charge in [0.05, 0.1) is 5.92 Å². The minimum atomic E-state index is -0.725. The average Bonchev–Trinajstić information content (AvgIpc) is 2.68. The van der Waals surface area contributed by atoms with Gasteiger partial charge in [-0.05, 0) is 50.7 Å². The van der Waals surface area contributed by atoms with Crippen LogP contribution < -0.4 is 16.0 Å². The molecule has 0 bridgehead atoms. The van der Waals surface area contributed by atoms with Crippen LogP contribution in [-0.4, -0.2) is 46.9 Å². The van der Waals surface area contributed by atoms with E-state index in [9.17, 15) is 9.59 Å². The van der Waals surface area contributed by atoms with Crippen LogP contribution in [0, 0.1) is 17.2 Å². The van der Waals surface area contributed by atoms with Crippen molar-refractivity contribution in [2.75, 3.05) is 18.0 Å². The first kappa shape index (κ1) is 25.0. The summed E-state index contributed by atoms with van der Waals surface area (Å²) in [5, 5.41) is 19.6. The lowest BCUT2D eigenvalue weighted by atomic mass is 9.85. The maximum atomic E-state index is 12.5. The molecule has 0 unspecified atom stereocenters. The lowest BCUT2D eigenvalue weighted by Crippen LogP contribution is -2.45. The van der Waals surface area contributed by atoms with Gasteiger partial charge in [0.25, 0.3) is 0 Å². The molecule has 8 nitrogen and oxygen atoms in total. The molecule has 1 saturated heterocycles. The van der Waals surface area contributed by atoms with Crippen LogP contribution in [0.25, 0.3) is 0 Å². The molecule has 29 heavy (non-hydrogen) atoms. The number of nitrogens with one attached hydrogen (secondary N) is 2. The van der Waals surface area contributed by atoms with Crippen LogP contribution in [0.4, 0.5) is 5.82 Å². The number of carbonyl (C=O) groups excluding carboxylic acids is 1. The molecule has 0 radical (unpaired) electrons. The molecule has 10 heteroatoms. The van der Waals surface area contributed by atoms with E-state index < -0.39 is 5.97 Å². The molecule has 162 valence electrons. The Balaban J connectivity index is 0.00000210. The van der Waals surface area contributed by atoms with Gasteiger partial charge in [-0.2, -0.15) is 0 Å². The highest BCUT2D eigenvalue weighted by Gasteiger charge is 2.30. The van der Waals surface area contributed by atoms with Crippen molar-refractivity contribution in [1.29, 1.82) is 5.41 Å². The Bertz CT molecular complexity index is 700. The second-order valence-corrected chi connectivity index (χ2v) is 7.48. The summed E-state index contributed by atoms with van der Waals surface area (Å²) in [5.74, 6) is -0.0590. The third kappa shape index (κ3) is 6.47. The van der Waals surface area contributed by atoms with Crippen molar-refractivity contribution < 1.29 is 14.7 Å². The zero-order valence-electron chi connectivity index (χ0n) is 16.2. The molecule has 1 aliphatic heterocycles. The quantitative estimate of drug-likeness (QED) is 0.405. The van der Waals surface area contributed by atoms with E-state index >= 15 is 0 Å². The van der Waals surface area contributed by atoms with E-state index in [1.54, 1.807) is 12.3 Å². The number of halogens is 2. The van der Waals surface area contributed by atoms with Crippen LogP contribution in [0.3, 0.4) is 0 Å². The van der Waals surface area contributed by atoms with Gasteiger partial charge in [0.1, 0.15) is 11.7 Å².